The van der Waals surface area contributed by atoms with Gasteiger partial charge in [-0.3, -0.25) is 4.79 Å². The highest BCUT2D eigenvalue weighted by Crippen LogP contribution is 2.33. The number of hydrogen-bond acceptors (Lipinski definition) is 1. The van der Waals surface area contributed by atoms with E-state index in [0.29, 0.717) is 0 Å². The molecule has 2 aromatic rings. The van der Waals surface area contributed by atoms with Crippen LogP contribution in [0.15, 0.2) is 17.1 Å². The van der Waals surface area contributed by atoms with Crippen molar-refractivity contribution in [3.05, 3.63) is 57.3 Å². The molecule has 0 aliphatic heterocycles. The molecule has 0 aliphatic rings. The van der Waals surface area contributed by atoms with Gasteiger partial charge in [-0.2, -0.15) is 13.2 Å². The van der Waals surface area contributed by atoms with Crippen LogP contribution in [0.5, 0.6) is 0 Å². The van der Waals surface area contributed by atoms with Crippen LogP contribution in [-0.4, -0.2) is 4.98 Å². The minimum absolute atomic E-state index is 0.00287. The SMILES string of the molecule is O=c1[nH]cc(C(F)(F)F)cc1-c1c(F)c(F)c(F)c(F)c1F. The van der Waals surface area contributed by atoms with Crippen molar-refractivity contribution in [3.8, 4) is 11.1 Å². The average molecular weight is 329 g/mol. The molecule has 1 aromatic carbocycles. The molecule has 0 saturated heterocycles. The maximum absolute atomic E-state index is 13.5. The Hall–Kier alpha value is -2.39. The quantitative estimate of drug-likeness (QED) is 0.482. The lowest BCUT2D eigenvalue weighted by atomic mass is 10.0. The Kier molecular flexibility index (Phi) is 3.71. The van der Waals surface area contributed by atoms with E-state index in [-0.39, 0.29) is 12.3 Å². The predicted octanol–water partition coefficient (Wildman–Crippen LogP) is 3.76. The zero-order valence-corrected chi connectivity index (χ0v) is 10.1. The van der Waals surface area contributed by atoms with Crippen LogP contribution in [0.4, 0.5) is 35.1 Å². The molecule has 118 valence electrons. The van der Waals surface area contributed by atoms with Crippen LogP contribution in [0.25, 0.3) is 11.1 Å². The smallest absolute Gasteiger partial charge is 0.328 e. The Bertz CT molecular complexity index is 779. The molecule has 0 aliphatic carbocycles. The van der Waals surface area contributed by atoms with Gasteiger partial charge in [0.1, 0.15) is 0 Å². The van der Waals surface area contributed by atoms with Crippen molar-refractivity contribution in [2.24, 2.45) is 0 Å². The number of nitrogens with one attached hydrogen (secondary N) is 1. The lowest BCUT2D eigenvalue weighted by Gasteiger charge is -2.10. The summed E-state index contributed by atoms with van der Waals surface area (Å²) in [6, 6.07) is -0.00287. The first-order valence-electron chi connectivity index (χ1n) is 5.37. The molecule has 2 nitrogen and oxygen atoms in total. The number of H-pyrrole nitrogens is 1. The van der Waals surface area contributed by atoms with Crippen LogP contribution < -0.4 is 5.56 Å². The number of pyridine rings is 1. The maximum Gasteiger partial charge on any atom is 0.417 e. The number of rotatable bonds is 1. The van der Waals surface area contributed by atoms with Crippen molar-refractivity contribution >= 4 is 0 Å². The van der Waals surface area contributed by atoms with Crippen molar-refractivity contribution < 1.29 is 35.1 Å². The second kappa shape index (κ2) is 5.11. The van der Waals surface area contributed by atoms with Crippen LogP contribution >= 0.6 is 0 Å². The van der Waals surface area contributed by atoms with E-state index in [9.17, 15) is 39.9 Å². The molecular formula is C12H3F8NO. The minimum atomic E-state index is -5.00. The molecule has 10 heteroatoms. The number of hydrogen-bond donors (Lipinski definition) is 1. The van der Waals surface area contributed by atoms with Gasteiger partial charge in [0.05, 0.1) is 16.7 Å². The van der Waals surface area contributed by atoms with Gasteiger partial charge in [-0.1, -0.05) is 0 Å². The van der Waals surface area contributed by atoms with E-state index in [1.807, 2.05) is 0 Å². The molecule has 0 amide bonds. The summed E-state index contributed by atoms with van der Waals surface area (Å²) in [5.74, 6) is -12.0. The monoisotopic (exact) mass is 329 g/mol. The molecular weight excluding hydrogens is 326 g/mol. The first-order chi connectivity index (χ1) is 10.1. The van der Waals surface area contributed by atoms with E-state index < -0.39 is 57.5 Å². The molecule has 0 bridgehead atoms. The van der Waals surface area contributed by atoms with E-state index >= 15 is 0 Å². The summed E-state index contributed by atoms with van der Waals surface area (Å²) in [4.78, 5) is 12.9. The number of halogens is 8. The van der Waals surface area contributed by atoms with Gasteiger partial charge in [0.15, 0.2) is 23.3 Å². The topological polar surface area (TPSA) is 32.9 Å². The van der Waals surface area contributed by atoms with E-state index in [1.165, 1.54) is 4.98 Å². The molecule has 0 atom stereocenters. The van der Waals surface area contributed by atoms with Crippen LogP contribution in [0.1, 0.15) is 5.56 Å². The molecule has 0 saturated carbocycles. The van der Waals surface area contributed by atoms with Gasteiger partial charge >= 0.3 is 6.18 Å². The molecule has 0 fully saturated rings. The highest BCUT2D eigenvalue weighted by atomic mass is 19.4. The van der Waals surface area contributed by atoms with E-state index in [2.05, 4.69) is 0 Å². The summed E-state index contributed by atoms with van der Waals surface area (Å²) in [7, 11) is 0. The maximum atomic E-state index is 13.5. The zero-order valence-electron chi connectivity index (χ0n) is 10.1. The summed E-state index contributed by atoms with van der Waals surface area (Å²) in [6.07, 6.45) is -4.79. The molecule has 2 rings (SSSR count). The van der Waals surface area contributed by atoms with Gasteiger partial charge in [0.2, 0.25) is 5.82 Å². The predicted molar refractivity (Wildman–Crippen MR) is 57.3 cm³/mol. The lowest BCUT2D eigenvalue weighted by molar-refractivity contribution is -0.137. The summed E-state index contributed by atoms with van der Waals surface area (Å²) in [5.41, 5.74) is -6.03. The number of aromatic amines is 1. The second-order valence-electron chi connectivity index (χ2n) is 4.07. The Morgan fingerprint density at radius 1 is 0.818 bits per heavy atom. The standard InChI is InChI=1S/C12H3F8NO/c13-6-5(7(14)9(16)10(17)8(6)15)4-1-3(12(18,19)20)2-21-11(4)22/h1-2H,(H,21,22). The normalized spacial score (nSPS) is 11.8. The molecule has 22 heavy (non-hydrogen) atoms. The summed E-state index contributed by atoms with van der Waals surface area (Å²) >= 11 is 0. The highest BCUT2D eigenvalue weighted by Gasteiger charge is 2.33. The van der Waals surface area contributed by atoms with E-state index in [4.69, 9.17) is 0 Å². The summed E-state index contributed by atoms with van der Waals surface area (Å²) in [6.45, 7) is 0. The van der Waals surface area contributed by atoms with E-state index in [0.717, 1.165) is 0 Å². The Balaban J connectivity index is 2.86. The zero-order chi connectivity index (χ0) is 16.8. The Morgan fingerprint density at radius 2 is 1.27 bits per heavy atom. The lowest BCUT2D eigenvalue weighted by Crippen LogP contribution is -2.16. The van der Waals surface area contributed by atoms with Gasteiger partial charge < -0.3 is 4.98 Å². The summed E-state index contributed by atoms with van der Waals surface area (Å²) < 4.78 is 104. The van der Waals surface area contributed by atoms with Crippen molar-refractivity contribution in [2.75, 3.05) is 0 Å². The van der Waals surface area contributed by atoms with Gasteiger partial charge in [0.25, 0.3) is 5.56 Å². The second-order valence-corrected chi connectivity index (χ2v) is 4.07. The number of benzene rings is 1. The highest BCUT2D eigenvalue weighted by molar-refractivity contribution is 5.65. The fourth-order valence-electron chi connectivity index (χ4n) is 1.67. The van der Waals surface area contributed by atoms with Crippen LogP contribution in [0.2, 0.25) is 0 Å². The Labute approximate surface area is 116 Å². The molecule has 0 radical (unpaired) electrons. The largest absolute Gasteiger partial charge is 0.417 e. The van der Waals surface area contributed by atoms with Gasteiger partial charge in [-0.05, 0) is 6.07 Å². The minimum Gasteiger partial charge on any atom is -0.328 e. The fraction of sp³-hybridized carbons (Fsp3) is 0.0833. The number of alkyl halides is 3. The fourth-order valence-corrected chi connectivity index (χ4v) is 1.67. The first-order valence-corrected chi connectivity index (χ1v) is 5.37. The number of aromatic nitrogens is 1. The van der Waals surface area contributed by atoms with Crippen molar-refractivity contribution in [1.82, 2.24) is 4.98 Å². The third-order valence-electron chi connectivity index (χ3n) is 2.71. The van der Waals surface area contributed by atoms with Crippen LogP contribution in [0.3, 0.4) is 0 Å². The Morgan fingerprint density at radius 3 is 1.73 bits per heavy atom. The molecule has 1 aromatic heterocycles. The van der Waals surface area contributed by atoms with Gasteiger partial charge in [0, 0.05) is 6.20 Å². The summed E-state index contributed by atoms with van der Waals surface area (Å²) in [5, 5.41) is 0. The van der Waals surface area contributed by atoms with Crippen molar-refractivity contribution in [3.63, 3.8) is 0 Å². The first kappa shape index (κ1) is 16.0. The molecule has 0 spiro atoms. The molecule has 1 heterocycles. The molecule has 0 unspecified atom stereocenters. The van der Waals surface area contributed by atoms with Crippen molar-refractivity contribution in [2.45, 2.75) is 6.18 Å². The van der Waals surface area contributed by atoms with Gasteiger partial charge in [-0.15, -0.1) is 0 Å². The molecule has 1 N–H and O–H groups in total. The van der Waals surface area contributed by atoms with Crippen LogP contribution in [-0.2, 0) is 6.18 Å². The van der Waals surface area contributed by atoms with Gasteiger partial charge in [-0.25, -0.2) is 22.0 Å². The van der Waals surface area contributed by atoms with Crippen LogP contribution in [0, 0.1) is 29.1 Å². The third-order valence-corrected chi connectivity index (χ3v) is 2.71. The van der Waals surface area contributed by atoms with Crippen molar-refractivity contribution in [1.29, 1.82) is 0 Å². The average Bonchev–Trinajstić information content (AvgIpc) is 2.44. The van der Waals surface area contributed by atoms with E-state index in [1.54, 1.807) is 0 Å². The third kappa shape index (κ3) is 2.44.